The lowest BCUT2D eigenvalue weighted by molar-refractivity contribution is 0.427. The summed E-state index contributed by atoms with van der Waals surface area (Å²) in [6.07, 6.45) is 7.83. The van der Waals surface area contributed by atoms with E-state index in [2.05, 4.69) is 53.4 Å². The minimum atomic E-state index is 0.533. The van der Waals surface area contributed by atoms with Crippen LogP contribution in [0.1, 0.15) is 51.0 Å². The van der Waals surface area contributed by atoms with Crippen LogP contribution in [0.15, 0.2) is 29.3 Å². The fourth-order valence-electron chi connectivity index (χ4n) is 3.00. The highest BCUT2D eigenvalue weighted by atomic mass is 15.1. The zero-order chi connectivity index (χ0) is 15.8. The van der Waals surface area contributed by atoms with Gasteiger partial charge in [0.1, 0.15) is 0 Å². The van der Waals surface area contributed by atoms with Gasteiger partial charge in [0, 0.05) is 25.3 Å². The molecule has 0 atom stereocenters. The molecule has 0 unspecified atom stereocenters. The summed E-state index contributed by atoms with van der Waals surface area (Å²) in [5, 5.41) is 3.09. The Kier molecular flexibility index (Phi) is 6.56. The zero-order valence-corrected chi connectivity index (χ0v) is 14.0. The summed E-state index contributed by atoms with van der Waals surface area (Å²) >= 11 is 0. The first-order valence-electron chi connectivity index (χ1n) is 8.56. The predicted molar refractivity (Wildman–Crippen MR) is 95.3 cm³/mol. The van der Waals surface area contributed by atoms with Crippen molar-refractivity contribution < 1.29 is 0 Å². The Hall–Kier alpha value is -1.71. The molecule has 122 valence electrons. The lowest BCUT2D eigenvalue weighted by Gasteiger charge is -2.33. The van der Waals surface area contributed by atoms with Gasteiger partial charge in [-0.3, -0.25) is 0 Å². The van der Waals surface area contributed by atoms with Gasteiger partial charge < -0.3 is 16.0 Å². The third kappa shape index (κ3) is 4.93. The molecule has 0 radical (unpaired) electrons. The molecule has 1 aliphatic rings. The van der Waals surface area contributed by atoms with Crippen molar-refractivity contribution in [1.29, 1.82) is 0 Å². The van der Waals surface area contributed by atoms with Gasteiger partial charge in [0.2, 0.25) is 0 Å². The molecule has 4 nitrogen and oxygen atoms in total. The van der Waals surface area contributed by atoms with Crippen LogP contribution in [-0.2, 0) is 6.54 Å². The van der Waals surface area contributed by atoms with Gasteiger partial charge in [-0.1, -0.05) is 38.3 Å². The average Bonchev–Trinajstić information content (AvgIpc) is 2.58. The molecule has 3 N–H and O–H groups in total. The van der Waals surface area contributed by atoms with Gasteiger partial charge in [-0.2, -0.15) is 0 Å². The van der Waals surface area contributed by atoms with E-state index in [1.54, 1.807) is 0 Å². The van der Waals surface area contributed by atoms with Crippen LogP contribution < -0.4 is 16.0 Å². The van der Waals surface area contributed by atoms with Crippen LogP contribution in [-0.4, -0.2) is 25.6 Å². The Morgan fingerprint density at radius 2 is 1.91 bits per heavy atom. The first-order valence-corrected chi connectivity index (χ1v) is 8.56. The monoisotopic (exact) mass is 302 g/mol. The van der Waals surface area contributed by atoms with Crippen molar-refractivity contribution in [2.75, 3.05) is 18.5 Å². The number of aliphatic imine (C=N–C) groups is 1. The van der Waals surface area contributed by atoms with Crippen LogP contribution in [0.2, 0.25) is 0 Å². The molecule has 0 saturated heterocycles. The highest BCUT2D eigenvalue weighted by Gasteiger charge is 2.18. The topological polar surface area (TPSA) is 53.6 Å². The van der Waals surface area contributed by atoms with Crippen molar-refractivity contribution in [2.45, 2.75) is 58.0 Å². The molecule has 0 bridgehead atoms. The van der Waals surface area contributed by atoms with Crippen molar-refractivity contribution >= 4 is 11.6 Å². The summed E-state index contributed by atoms with van der Waals surface area (Å²) in [7, 11) is 2.22. The summed E-state index contributed by atoms with van der Waals surface area (Å²) in [5.74, 6) is 0.533. The third-order valence-corrected chi connectivity index (χ3v) is 4.45. The van der Waals surface area contributed by atoms with Crippen LogP contribution in [0.4, 0.5) is 5.69 Å². The van der Waals surface area contributed by atoms with E-state index >= 15 is 0 Å². The standard InChI is InChI=1S/C18H30N4/c1-3-13-20-18(19)21-14-15-9-11-17(12-10-15)22(2)16-7-5-4-6-8-16/h9-12,16H,3-8,13-14H2,1-2H3,(H3,19,20,21). The smallest absolute Gasteiger partial charge is 0.188 e. The average molecular weight is 302 g/mol. The maximum absolute atomic E-state index is 5.81. The van der Waals surface area contributed by atoms with E-state index in [-0.39, 0.29) is 0 Å². The normalized spacial score (nSPS) is 16.5. The van der Waals surface area contributed by atoms with Gasteiger partial charge in [-0.15, -0.1) is 0 Å². The van der Waals surface area contributed by atoms with Gasteiger partial charge >= 0.3 is 0 Å². The molecule has 0 aliphatic heterocycles. The zero-order valence-electron chi connectivity index (χ0n) is 14.0. The quantitative estimate of drug-likeness (QED) is 0.626. The molecule has 0 heterocycles. The molecule has 1 fully saturated rings. The van der Waals surface area contributed by atoms with Gasteiger partial charge in [0.05, 0.1) is 6.54 Å². The van der Waals surface area contributed by atoms with Gasteiger partial charge in [-0.25, -0.2) is 4.99 Å². The Morgan fingerprint density at radius 1 is 1.23 bits per heavy atom. The van der Waals surface area contributed by atoms with E-state index in [1.807, 2.05) is 0 Å². The Bertz CT molecular complexity index is 460. The van der Waals surface area contributed by atoms with E-state index in [9.17, 15) is 0 Å². The first-order chi connectivity index (χ1) is 10.7. The fraction of sp³-hybridized carbons (Fsp3) is 0.611. The Morgan fingerprint density at radius 3 is 2.55 bits per heavy atom. The van der Waals surface area contributed by atoms with Crippen LogP contribution in [0.3, 0.4) is 0 Å². The summed E-state index contributed by atoms with van der Waals surface area (Å²) in [5.41, 5.74) is 8.31. The minimum absolute atomic E-state index is 0.533. The molecule has 1 aromatic rings. The molecule has 0 spiro atoms. The Labute approximate surface area is 134 Å². The molecule has 2 rings (SSSR count). The summed E-state index contributed by atoms with van der Waals surface area (Å²) in [4.78, 5) is 6.80. The second kappa shape index (κ2) is 8.66. The van der Waals surface area contributed by atoms with E-state index in [0.29, 0.717) is 18.5 Å². The second-order valence-corrected chi connectivity index (χ2v) is 6.20. The number of benzene rings is 1. The van der Waals surface area contributed by atoms with Crippen LogP contribution >= 0.6 is 0 Å². The first kappa shape index (κ1) is 16.7. The van der Waals surface area contributed by atoms with Crippen molar-refractivity contribution in [1.82, 2.24) is 5.32 Å². The number of anilines is 1. The van der Waals surface area contributed by atoms with E-state index < -0.39 is 0 Å². The lowest BCUT2D eigenvalue weighted by atomic mass is 9.94. The predicted octanol–water partition coefficient (Wildman–Crippen LogP) is 3.27. The molecular weight excluding hydrogens is 272 g/mol. The van der Waals surface area contributed by atoms with Gasteiger partial charge in [0.25, 0.3) is 0 Å². The maximum atomic E-state index is 5.81. The van der Waals surface area contributed by atoms with Crippen LogP contribution in [0.5, 0.6) is 0 Å². The Balaban J connectivity index is 1.89. The van der Waals surface area contributed by atoms with Crippen molar-refractivity contribution in [3.8, 4) is 0 Å². The number of hydrogen-bond donors (Lipinski definition) is 2. The maximum Gasteiger partial charge on any atom is 0.188 e. The summed E-state index contributed by atoms with van der Waals surface area (Å²) < 4.78 is 0. The van der Waals surface area contributed by atoms with Crippen LogP contribution in [0.25, 0.3) is 0 Å². The molecule has 1 saturated carbocycles. The molecule has 0 aromatic heterocycles. The molecule has 22 heavy (non-hydrogen) atoms. The van der Waals surface area contributed by atoms with Crippen LogP contribution in [0, 0.1) is 0 Å². The fourth-order valence-corrected chi connectivity index (χ4v) is 3.00. The van der Waals surface area contributed by atoms with Crippen molar-refractivity contribution in [2.24, 2.45) is 10.7 Å². The van der Waals surface area contributed by atoms with E-state index in [1.165, 1.54) is 43.4 Å². The molecule has 1 aromatic carbocycles. The summed E-state index contributed by atoms with van der Waals surface area (Å²) in [6, 6.07) is 9.42. The summed E-state index contributed by atoms with van der Waals surface area (Å²) in [6.45, 7) is 3.62. The van der Waals surface area contributed by atoms with Gasteiger partial charge in [-0.05, 0) is 37.0 Å². The van der Waals surface area contributed by atoms with Crippen molar-refractivity contribution in [3.63, 3.8) is 0 Å². The highest BCUT2D eigenvalue weighted by Crippen LogP contribution is 2.26. The number of rotatable bonds is 6. The highest BCUT2D eigenvalue weighted by molar-refractivity contribution is 5.77. The van der Waals surface area contributed by atoms with Gasteiger partial charge in [0.15, 0.2) is 5.96 Å². The molecule has 4 heteroatoms. The number of nitrogens with zero attached hydrogens (tertiary/aromatic N) is 2. The van der Waals surface area contributed by atoms with E-state index in [0.717, 1.165) is 13.0 Å². The second-order valence-electron chi connectivity index (χ2n) is 6.20. The lowest BCUT2D eigenvalue weighted by Crippen LogP contribution is -2.33. The number of hydrogen-bond acceptors (Lipinski definition) is 2. The molecule has 1 aliphatic carbocycles. The van der Waals surface area contributed by atoms with Crippen molar-refractivity contribution in [3.05, 3.63) is 29.8 Å². The number of nitrogens with one attached hydrogen (secondary N) is 1. The SMILES string of the molecule is CCCNC(N)=NCc1ccc(N(C)C2CCCCC2)cc1. The minimum Gasteiger partial charge on any atom is -0.372 e. The number of nitrogens with two attached hydrogens (primary N) is 1. The third-order valence-electron chi connectivity index (χ3n) is 4.45. The number of guanidine groups is 1. The van der Waals surface area contributed by atoms with E-state index in [4.69, 9.17) is 5.73 Å². The molecular formula is C18H30N4. The largest absolute Gasteiger partial charge is 0.372 e. The molecule has 0 amide bonds.